The number of hydrogen-bond donors (Lipinski definition) is 1. The van der Waals surface area contributed by atoms with Gasteiger partial charge in [-0.1, -0.05) is 17.8 Å². The van der Waals surface area contributed by atoms with Crippen molar-refractivity contribution in [2.24, 2.45) is 0 Å². The van der Waals surface area contributed by atoms with Crippen molar-refractivity contribution in [1.82, 2.24) is 14.8 Å². The second kappa shape index (κ2) is 8.09. The van der Waals surface area contributed by atoms with Crippen LogP contribution in [0.1, 0.15) is 19.9 Å². The molecule has 0 saturated heterocycles. The fourth-order valence-electron chi connectivity index (χ4n) is 2.44. The van der Waals surface area contributed by atoms with E-state index < -0.39 is 0 Å². The molecule has 0 aliphatic heterocycles. The Hall–Kier alpha value is -2.74. The van der Waals surface area contributed by atoms with Crippen LogP contribution < -0.4 is 10.1 Å². The third-order valence-corrected chi connectivity index (χ3v) is 4.55. The molecular formula is C18H20N4O3S. The van der Waals surface area contributed by atoms with Gasteiger partial charge in [0.25, 0.3) is 0 Å². The fraction of sp³-hybridized carbons (Fsp3) is 0.278. The summed E-state index contributed by atoms with van der Waals surface area (Å²) in [5.74, 6) is 2.10. The van der Waals surface area contributed by atoms with E-state index in [1.54, 1.807) is 19.4 Å². The van der Waals surface area contributed by atoms with Gasteiger partial charge in [0, 0.05) is 17.8 Å². The van der Waals surface area contributed by atoms with Crippen LogP contribution in [0.5, 0.6) is 5.75 Å². The van der Waals surface area contributed by atoms with Crippen LogP contribution in [-0.4, -0.2) is 33.5 Å². The number of nitrogens with zero attached hydrogens (tertiary/aromatic N) is 3. The smallest absolute Gasteiger partial charge is 0.234 e. The molecular weight excluding hydrogens is 352 g/mol. The van der Waals surface area contributed by atoms with Crippen molar-refractivity contribution in [2.45, 2.75) is 25.0 Å². The molecule has 0 fully saturated rings. The molecule has 136 valence electrons. The van der Waals surface area contributed by atoms with Gasteiger partial charge in [-0.05, 0) is 38.1 Å². The SMILES string of the molecule is COc1cccc(NC(=O)CSc2nnc(-c3ccco3)n2C(C)C)c1. The first-order valence-electron chi connectivity index (χ1n) is 8.14. The first-order valence-corrected chi connectivity index (χ1v) is 9.12. The molecule has 3 rings (SSSR count). The lowest BCUT2D eigenvalue weighted by atomic mass is 10.3. The first kappa shape index (κ1) is 18.1. The molecule has 0 bridgehead atoms. The Bertz CT molecular complexity index is 874. The molecule has 1 N–H and O–H groups in total. The highest BCUT2D eigenvalue weighted by Gasteiger charge is 2.19. The van der Waals surface area contributed by atoms with E-state index in [0.29, 0.717) is 28.2 Å². The van der Waals surface area contributed by atoms with Crippen LogP contribution in [0.2, 0.25) is 0 Å². The number of thioether (sulfide) groups is 1. The molecule has 1 aromatic carbocycles. The number of benzene rings is 1. The highest BCUT2D eigenvalue weighted by Crippen LogP contribution is 2.28. The van der Waals surface area contributed by atoms with E-state index in [4.69, 9.17) is 9.15 Å². The number of hydrogen-bond acceptors (Lipinski definition) is 6. The molecule has 8 heteroatoms. The van der Waals surface area contributed by atoms with Gasteiger partial charge in [0.1, 0.15) is 5.75 Å². The van der Waals surface area contributed by atoms with E-state index in [1.165, 1.54) is 11.8 Å². The minimum Gasteiger partial charge on any atom is -0.497 e. The van der Waals surface area contributed by atoms with Crippen molar-refractivity contribution in [3.63, 3.8) is 0 Å². The van der Waals surface area contributed by atoms with Gasteiger partial charge in [-0.15, -0.1) is 10.2 Å². The number of carbonyl (C=O) groups excluding carboxylic acids is 1. The van der Waals surface area contributed by atoms with Gasteiger partial charge in [-0.25, -0.2) is 0 Å². The molecule has 0 unspecified atom stereocenters. The molecule has 0 atom stereocenters. The Morgan fingerprint density at radius 3 is 2.85 bits per heavy atom. The van der Waals surface area contributed by atoms with E-state index in [0.717, 1.165) is 0 Å². The standard InChI is InChI=1S/C18H20N4O3S/c1-12(2)22-17(15-8-5-9-25-15)20-21-18(22)26-11-16(23)19-13-6-4-7-14(10-13)24-3/h4-10,12H,11H2,1-3H3,(H,19,23). The van der Waals surface area contributed by atoms with Crippen LogP contribution >= 0.6 is 11.8 Å². The van der Waals surface area contributed by atoms with E-state index in [-0.39, 0.29) is 17.7 Å². The van der Waals surface area contributed by atoms with Crippen molar-refractivity contribution >= 4 is 23.4 Å². The minimum atomic E-state index is -0.124. The summed E-state index contributed by atoms with van der Waals surface area (Å²) in [6, 6.07) is 11.0. The summed E-state index contributed by atoms with van der Waals surface area (Å²) >= 11 is 1.34. The molecule has 2 aromatic heterocycles. The van der Waals surface area contributed by atoms with Crippen molar-refractivity contribution in [1.29, 1.82) is 0 Å². The Balaban J connectivity index is 1.68. The zero-order valence-corrected chi connectivity index (χ0v) is 15.6. The molecule has 0 aliphatic rings. The van der Waals surface area contributed by atoms with Gasteiger partial charge in [0.2, 0.25) is 11.7 Å². The number of rotatable bonds is 7. The molecule has 0 saturated carbocycles. The lowest BCUT2D eigenvalue weighted by Crippen LogP contribution is -2.15. The van der Waals surface area contributed by atoms with Crippen molar-refractivity contribution in [3.05, 3.63) is 42.7 Å². The Labute approximate surface area is 155 Å². The monoisotopic (exact) mass is 372 g/mol. The predicted molar refractivity (Wildman–Crippen MR) is 100 cm³/mol. The number of amides is 1. The van der Waals surface area contributed by atoms with Crippen LogP contribution in [0.25, 0.3) is 11.6 Å². The van der Waals surface area contributed by atoms with E-state index >= 15 is 0 Å². The Kier molecular flexibility index (Phi) is 5.62. The third kappa shape index (κ3) is 4.08. The average molecular weight is 372 g/mol. The topological polar surface area (TPSA) is 82.2 Å². The van der Waals surface area contributed by atoms with Crippen molar-refractivity contribution in [2.75, 3.05) is 18.2 Å². The summed E-state index contributed by atoms with van der Waals surface area (Å²) in [5.41, 5.74) is 0.691. The van der Waals surface area contributed by atoms with Gasteiger partial charge in [-0.3, -0.25) is 9.36 Å². The average Bonchev–Trinajstić information content (AvgIpc) is 3.29. The maximum Gasteiger partial charge on any atom is 0.234 e. The van der Waals surface area contributed by atoms with Crippen molar-refractivity contribution < 1.29 is 13.9 Å². The van der Waals surface area contributed by atoms with Gasteiger partial charge in [0.15, 0.2) is 10.9 Å². The fourth-order valence-corrected chi connectivity index (χ4v) is 3.31. The number of anilines is 1. The molecule has 2 heterocycles. The molecule has 7 nitrogen and oxygen atoms in total. The van der Waals surface area contributed by atoms with Gasteiger partial charge in [0.05, 0.1) is 19.1 Å². The first-order chi connectivity index (χ1) is 12.6. The van der Waals surface area contributed by atoms with E-state index in [9.17, 15) is 4.79 Å². The van der Waals surface area contributed by atoms with E-state index in [1.807, 2.05) is 48.7 Å². The maximum atomic E-state index is 12.3. The largest absolute Gasteiger partial charge is 0.497 e. The van der Waals surface area contributed by atoms with Gasteiger partial charge >= 0.3 is 0 Å². The van der Waals surface area contributed by atoms with Crippen LogP contribution in [0.15, 0.2) is 52.2 Å². The molecule has 0 spiro atoms. The summed E-state index contributed by atoms with van der Waals surface area (Å²) < 4.78 is 12.5. The van der Waals surface area contributed by atoms with Gasteiger partial charge in [-0.2, -0.15) is 0 Å². The second-order valence-electron chi connectivity index (χ2n) is 5.82. The Morgan fingerprint density at radius 2 is 2.15 bits per heavy atom. The molecule has 0 radical (unpaired) electrons. The maximum absolute atomic E-state index is 12.3. The summed E-state index contributed by atoms with van der Waals surface area (Å²) in [7, 11) is 1.59. The summed E-state index contributed by atoms with van der Waals surface area (Å²) in [6.07, 6.45) is 1.60. The second-order valence-corrected chi connectivity index (χ2v) is 6.76. The zero-order chi connectivity index (χ0) is 18.5. The summed E-state index contributed by atoms with van der Waals surface area (Å²) in [5, 5.41) is 12.0. The number of methoxy groups -OCH3 is 1. The van der Waals surface area contributed by atoms with Crippen LogP contribution in [0.4, 0.5) is 5.69 Å². The molecule has 0 aliphatic carbocycles. The normalized spacial score (nSPS) is 10.9. The highest BCUT2D eigenvalue weighted by molar-refractivity contribution is 7.99. The van der Waals surface area contributed by atoms with Crippen molar-refractivity contribution in [3.8, 4) is 17.3 Å². The number of carbonyl (C=O) groups is 1. The Morgan fingerprint density at radius 1 is 1.31 bits per heavy atom. The van der Waals surface area contributed by atoms with Crippen LogP contribution in [-0.2, 0) is 4.79 Å². The lowest BCUT2D eigenvalue weighted by Gasteiger charge is -2.12. The van der Waals surface area contributed by atoms with E-state index in [2.05, 4.69) is 15.5 Å². The zero-order valence-electron chi connectivity index (χ0n) is 14.8. The highest BCUT2D eigenvalue weighted by atomic mass is 32.2. The van der Waals surface area contributed by atoms with Crippen LogP contribution in [0, 0.1) is 0 Å². The third-order valence-electron chi connectivity index (χ3n) is 3.61. The molecule has 26 heavy (non-hydrogen) atoms. The molecule has 3 aromatic rings. The quantitative estimate of drug-likeness (QED) is 0.634. The van der Waals surface area contributed by atoms with Gasteiger partial charge < -0.3 is 14.5 Å². The molecule has 1 amide bonds. The number of ether oxygens (including phenoxy) is 1. The van der Waals surface area contributed by atoms with Crippen LogP contribution in [0.3, 0.4) is 0 Å². The number of aromatic nitrogens is 3. The predicted octanol–water partition coefficient (Wildman–Crippen LogP) is 3.86. The number of furan rings is 1. The lowest BCUT2D eigenvalue weighted by molar-refractivity contribution is -0.113. The number of nitrogens with one attached hydrogen (secondary N) is 1. The summed E-state index contributed by atoms with van der Waals surface area (Å²) in [6.45, 7) is 4.08. The minimum absolute atomic E-state index is 0.124. The summed E-state index contributed by atoms with van der Waals surface area (Å²) in [4.78, 5) is 12.3.